The summed E-state index contributed by atoms with van der Waals surface area (Å²) < 4.78 is 25.8. The Morgan fingerprint density at radius 3 is 2.43 bits per heavy atom. The standard InChI is InChI=1S/C47H57N3O10/c1-5-24-57-37-20-21-42-40(29-37)45-38(15-8-10-23-52)34(13-7-9-22-51)28-39-41(48-59-31-32-16-18-35(19-17-32)50(54)55)30-43(47(60-42,46(39)45)58-25-6-2)49(3)44(53)27-33-12-11-14-36(26-33)56-4/h5-6,11-12,14,16-21,26,28-29,34,38,43,45-46,51-52H,1-2,7-10,13,15,22-25,27,30-31H2,3-4H3. The maximum absolute atomic E-state index is 14.5. The van der Waals surface area contributed by atoms with Crippen molar-refractivity contribution in [1.29, 1.82) is 0 Å². The Kier molecular flexibility index (Phi) is 15.2. The molecule has 60 heavy (non-hydrogen) atoms. The summed E-state index contributed by atoms with van der Waals surface area (Å²) >= 11 is 0. The molecule has 0 spiro atoms. The van der Waals surface area contributed by atoms with Crippen molar-refractivity contribution in [3.63, 3.8) is 0 Å². The Bertz CT molecular complexity index is 2030. The molecule has 3 aromatic rings. The number of benzene rings is 3. The number of aliphatic hydroxyl groups is 2. The zero-order valence-corrected chi connectivity index (χ0v) is 34.6. The molecule has 1 aliphatic heterocycles. The van der Waals surface area contributed by atoms with Crippen LogP contribution in [-0.4, -0.2) is 84.1 Å². The lowest BCUT2D eigenvalue weighted by atomic mass is 9.55. The predicted octanol–water partition coefficient (Wildman–Crippen LogP) is 7.70. The topological polar surface area (TPSA) is 162 Å². The monoisotopic (exact) mass is 823 g/mol. The number of hydrogen-bond donors (Lipinski definition) is 2. The predicted molar refractivity (Wildman–Crippen MR) is 228 cm³/mol. The zero-order chi connectivity index (χ0) is 42.6. The van der Waals surface area contributed by atoms with Gasteiger partial charge in [-0.3, -0.25) is 14.9 Å². The molecule has 320 valence electrons. The van der Waals surface area contributed by atoms with Crippen molar-refractivity contribution in [1.82, 2.24) is 4.90 Å². The van der Waals surface area contributed by atoms with Crippen molar-refractivity contribution in [2.24, 2.45) is 22.9 Å². The lowest BCUT2D eigenvalue weighted by Crippen LogP contribution is -2.69. The molecule has 1 fully saturated rings. The highest BCUT2D eigenvalue weighted by atomic mass is 16.7. The Morgan fingerprint density at radius 2 is 1.73 bits per heavy atom. The molecule has 6 unspecified atom stereocenters. The molecule has 1 heterocycles. The number of nitrogens with zero attached hydrogens (tertiary/aromatic N) is 3. The third kappa shape index (κ3) is 9.75. The summed E-state index contributed by atoms with van der Waals surface area (Å²) in [4.78, 5) is 33.2. The van der Waals surface area contributed by atoms with Gasteiger partial charge < -0.3 is 38.9 Å². The van der Waals surface area contributed by atoms with E-state index in [1.807, 2.05) is 42.5 Å². The number of carbonyl (C=O) groups is 1. The second kappa shape index (κ2) is 20.7. The van der Waals surface area contributed by atoms with Crippen LogP contribution < -0.4 is 14.2 Å². The van der Waals surface area contributed by atoms with Crippen molar-refractivity contribution < 1.29 is 43.7 Å². The highest BCUT2D eigenvalue weighted by Crippen LogP contribution is 2.61. The van der Waals surface area contributed by atoms with Gasteiger partial charge in [0.1, 0.15) is 36.5 Å². The van der Waals surface area contributed by atoms with Crippen LogP contribution in [0.1, 0.15) is 67.6 Å². The first-order valence-electron chi connectivity index (χ1n) is 20.7. The number of non-ortho nitro benzene ring substituents is 1. The van der Waals surface area contributed by atoms with Gasteiger partial charge in [0.15, 0.2) is 0 Å². The number of amides is 1. The zero-order valence-electron chi connectivity index (χ0n) is 34.6. The Balaban J connectivity index is 1.52. The number of carbonyl (C=O) groups excluding carboxylic acids is 1. The molecular weight excluding hydrogens is 767 g/mol. The van der Waals surface area contributed by atoms with Crippen LogP contribution in [0.15, 0.2) is 109 Å². The summed E-state index contributed by atoms with van der Waals surface area (Å²) in [5, 5.41) is 35.9. The summed E-state index contributed by atoms with van der Waals surface area (Å²) in [6.45, 7) is 8.51. The minimum Gasteiger partial charge on any atom is -0.497 e. The van der Waals surface area contributed by atoms with E-state index >= 15 is 0 Å². The van der Waals surface area contributed by atoms with Gasteiger partial charge in [-0.25, -0.2) is 0 Å². The van der Waals surface area contributed by atoms with Gasteiger partial charge >= 0.3 is 0 Å². The third-order valence-electron chi connectivity index (χ3n) is 11.9. The fourth-order valence-electron chi connectivity index (χ4n) is 9.13. The molecule has 3 aliphatic rings. The van der Waals surface area contributed by atoms with E-state index in [1.165, 1.54) is 12.1 Å². The van der Waals surface area contributed by atoms with Gasteiger partial charge in [0.25, 0.3) is 5.69 Å². The van der Waals surface area contributed by atoms with E-state index in [1.54, 1.807) is 43.3 Å². The first kappa shape index (κ1) is 44.1. The number of hydrogen-bond acceptors (Lipinski definition) is 11. The SMILES string of the molecule is C=CCOc1ccc2c(c1)C1C(CCCCO)C(CCCCO)C=C3C(=NOCc4ccc([N+](=O)[O-])cc4)CC(N(C)C(=O)Cc4cccc(OC)c4)C(OCC=C)(O2)C31. The second-order valence-corrected chi connectivity index (χ2v) is 15.6. The molecule has 1 saturated carbocycles. The maximum Gasteiger partial charge on any atom is 0.269 e. The van der Waals surface area contributed by atoms with E-state index in [-0.39, 0.29) is 68.6 Å². The van der Waals surface area contributed by atoms with E-state index in [2.05, 4.69) is 19.2 Å². The molecule has 13 heteroatoms. The van der Waals surface area contributed by atoms with Crippen LogP contribution in [-0.2, 0) is 27.4 Å². The van der Waals surface area contributed by atoms with E-state index in [4.69, 9.17) is 28.9 Å². The van der Waals surface area contributed by atoms with Crippen LogP contribution in [0, 0.1) is 27.9 Å². The molecule has 2 N–H and O–H groups in total. The van der Waals surface area contributed by atoms with Gasteiger partial charge in [0.05, 0.1) is 36.7 Å². The molecule has 1 amide bonds. The Morgan fingerprint density at radius 1 is 0.983 bits per heavy atom. The molecule has 2 aliphatic carbocycles. The average molecular weight is 824 g/mol. The molecule has 0 saturated heterocycles. The fraction of sp³-hybridized carbons (Fsp3) is 0.447. The number of oxime groups is 1. The smallest absolute Gasteiger partial charge is 0.269 e. The van der Waals surface area contributed by atoms with E-state index in [9.17, 15) is 25.1 Å². The minimum absolute atomic E-state index is 0.0208. The second-order valence-electron chi connectivity index (χ2n) is 15.6. The van der Waals surface area contributed by atoms with E-state index < -0.39 is 22.7 Å². The van der Waals surface area contributed by atoms with Crippen molar-refractivity contribution in [3.05, 3.63) is 130 Å². The van der Waals surface area contributed by atoms with Crippen molar-refractivity contribution in [2.45, 2.75) is 75.7 Å². The molecule has 0 aromatic heterocycles. The highest BCUT2D eigenvalue weighted by Gasteiger charge is 2.65. The van der Waals surface area contributed by atoms with Crippen LogP contribution in [0.2, 0.25) is 0 Å². The summed E-state index contributed by atoms with van der Waals surface area (Å²) in [5.41, 5.74) is 3.96. The molecule has 6 rings (SSSR count). The maximum atomic E-state index is 14.5. The minimum atomic E-state index is -1.40. The summed E-state index contributed by atoms with van der Waals surface area (Å²) in [6, 6.07) is 18.7. The van der Waals surface area contributed by atoms with E-state index in [0.29, 0.717) is 48.0 Å². The van der Waals surface area contributed by atoms with Crippen LogP contribution in [0.5, 0.6) is 17.2 Å². The fourth-order valence-corrected chi connectivity index (χ4v) is 9.13. The van der Waals surface area contributed by atoms with Crippen LogP contribution in [0.4, 0.5) is 5.69 Å². The van der Waals surface area contributed by atoms with Crippen molar-refractivity contribution >= 4 is 17.3 Å². The first-order valence-corrected chi connectivity index (χ1v) is 20.7. The quantitative estimate of drug-likeness (QED) is 0.0445. The lowest BCUT2D eigenvalue weighted by molar-refractivity contribution is -0.384. The molecule has 0 bridgehead atoms. The number of rotatable bonds is 22. The van der Waals surface area contributed by atoms with Gasteiger partial charge in [-0.05, 0) is 96.7 Å². The molecule has 0 radical (unpaired) electrons. The van der Waals surface area contributed by atoms with Crippen LogP contribution in [0.25, 0.3) is 0 Å². The number of fused-ring (bicyclic) bond motifs is 2. The normalized spacial score (nSPS) is 23.3. The molecule has 13 nitrogen and oxygen atoms in total. The summed E-state index contributed by atoms with van der Waals surface area (Å²) in [6.07, 6.45) is 10.5. The largest absolute Gasteiger partial charge is 0.497 e. The van der Waals surface area contributed by atoms with Gasteiger partial charge in [-0.15, -0.1) is 6.58 Å². The van der Waals surface area contributed by atoms with Gasteiger partial charge in [0, 0.05) is 50.3 Å². The van der Waals surface area contributed by atoms with Gasteiger partial charge in [-0.1, -0.05) is 54.9 Å². The molecule has 3 aromatic carbocycles. The van der Waals surface area contributed by atoms with E-state index in [0.717, 1.165) is 42.4 Å². The van der Waals surface area contributed by atoms with Crippen molar-refractivity contribution in [2.75, 3.05) is 40.6 Å². The first-order chi connectivity index (χ1) is 29.2. The Hall–Kier alpha value is -5.50. The highest BCUT2D eigenvalue weighted by molar-refractivity contribution is 6.03. The van der Waals surface area contributed by atoms with Crippen molar-refractivity contribution in [3.8, 4) is 17.2 Å². The molecule has 6 atom stereocenters. The van der Waals surface area contributed by atoms with Crippen LogP contribution >= 0.6 is 0 Å². The number of nitro groups is 1. The molecular formula is C47H57N3O10. The lowest BCUT2D eigenvalue weighted by Gasteiger charge is -2.59. The number of unbranched alkanes of at least 4 members (excludes halogenated alkanes) is 2. The number of nitro benzene ring substituents is 1. The Labute approximate surface area is 352 Å². The third-order valence-corrected chi connectivity index (χ3v) is 11.9. The number of likely N-dealkylation sites (N-methyl/N-ethyl adjacent to an activating group) is 1. The number of allylic oxidation sites excluding steroid dienone is 1. The average Bonchev–Trinajstić information content (AvgIpc) is 3.26. The van der Waals surface area contributed by atoms with Gasteiger partial charge in [-0.2, -0.15) is 0 Å². The summed E-state index contributed by atoms with van der Waals surface area (Å²) in [7, 11) is 3.36. The summed E-state index contributed by atoms with van der Waals surface area (Å²) in [5.74, 6) is -0.223. The number of aliphatic hydroxyl groups excluding tert-OH is 2. The number of methoxy groups -OCH3 is 1. The van der Waals surface area contributed by atoms with Crippen LogP contribution in [0.3, 0.4) is 0 Å². The van der Waals surface area contributed by atoms with Gasteiger partial charge in [0.2, 0.25) is 11.7 Å². The number of ether oxygens (including phenoxy) is 4.